The molecule has 23 heavy (non-hydrogen) atoms. The number of thiazole rings is 1. The van der Waals surface area contributed by atoms with E-state index < -0.39 is 0 Å². The zero-order valence-corrected chi connectivity index (χ0v) is 14.3. The lowest BCUT2D eigenvalue weighted by atomic mass is 10.2. The summed E-state index contributed by atoms with van der Waals surface area (Å²) in [4.78, 5) is 19.9. The number of ether oxygens (including phenoxy) is 1. The van der Waals surface area contributed by atoms with Crippen molar-refractivity contribution < 1.29 is 9.53 Å². The third-order valence-electron chi connectivity index (χ3n) is 3.88. The minimum absolute atomic E-state index is 0.0249. The lowest BCUT2D eigenvalue weighted by Crippen LogP contribution is -2.42. The van der Waals surface area contributed by atoms with Crippen molar-refractivity contribution in [2.45, 2.75) is 26.3 Å². The minimum atomic E-state index is 0.0249. The molecule has 0 saturated carbocycles. The SMILES string of the molecule is CCCNC(=O)N1CCc2nc(-c3ccc(OC)cc3)sc2C1. The highest BCUT2D eigenvalue weighted by atomic mass is 32.1. The van der Waals surface area contributed by atoms with Gasteiger partial charge in [-0.25, -0.2) is 9.78 Å². The van der Waals surface area contributed by atoms with Crippen LogP contribution in [-0.4, -0.2) is 36.1 Å². The molecule has 2 aromatic rings. The number of methoxy groups -OCH3 is 1. The Kier molecular flexibility index (Phi) is 4.81. The maximum absolute atomic E-state index is 12.1. The van der Waals surface area contributed by atoms with Crippen LogP contribution in [0.25, 0.3) is 10.6 Å². The number of aromatic nitrogens is 1. The number of rotatable bonds is 4. The van der Waals surface area contributed by atoms with Gasteiger partial charge in [-0.1, -0.05) is 6.92 Å². The summed E-state index contributed by atoms with van der Waals surface area (Å²) in [6, 6.07) is 7.96. The van der Waals surface area contributed by atoms with Crippen molar-refractivity contribution in [3.8, 4) is 16.3 Å². The van der Waals surface area contributed by atoms with E-state index in [-0.39, 0.29) is 6.03 Å². The summed E-state index contributed by atoms with van der Waals surface area (Å²) in [7, 11) is 1.66. The Labute approximate surface area is 140 Å². The first-order valence-corrected chi connectivity index (χ1v) is 8.68. The van der Waals surface area contributed by atoms with Crippen molar-refractivity contribution >= 4 is 17.4 Å². The van der Waals surface area contributed by atoms with Gasteiger partial charge in [-0.15, -0.1) is 11.3 Å². The van der Waals surface area contributed by atoms with Gasteiger partial charge in [-0.3, -0.25) is 0 Å². The molecule has 0 unspecified atom stereocenters. The minimum Gasteiger partial charge on any atom is -0.497 e. The second kappa shape index (κ2) is 7.00. The summed E-state index contributed by atoms with van der Waals surface area (Å²) in [6.07, 6.45) is 1.77. The van der Waals surface area contributed by atoms with E-state index in [9.17, 15) is 4.79 Å². The molecular formula is C17H21N3O2S. The Balaban J connectivity index is 1.74. The molecule has 1 aromatic carbocycles. The fraction of sp³-hybridized carbons (Fsp3) is 0.412. The molecule has 1 aliphatic heterocycles. The number of benzene rings is 1. The summed E-state index contributed by atoms with van der Waals surface area (Å²) in [5, 5.41) is 3.95. The molecule has 6 heteroatoms. The fourth-order valence-corrected chi connectivity index (χ4v) is 3.70. The second-order valence-electron chi connectivity index (χ2n) is 5.52. The quantitative estimate of drug-likeness (QED) is 0.935. The van der Waals surface area contributed by atoms with Crippen molar-refractivity contribution in [3.63, 3.8) is 0 Å². The number of hydrogen-bond acceptors (Lipinski definition) is 4. The lowest BCUT2D eigenvalue weighted by Gasteiger charge is -2.26. The molecule has 5 nitrogen and oxygen atoms in total. The molecule has 0 bridgehead atoms. The third-order valence-corrected chi connectivity index (χ3v) is 5.01. The summed E-state index contributed by atoms with van der Waals surface area (Å²) >= 11 is 1.67. The molecule has 2 amide bonds. The second-order valence-corrected chi connectivity index (χ2v) is 6.60. The lowest BCUT2D eigenvalue weighted by molar-refractivity contribution is 0.193. The molecule has 0 aliphatic carbocycles. The van der Waals surface area contributed by atoms with Crippen molar-refractivity contribution in [2.75, 3.05) is 20.2 Å². The third kappa shape index (κ3) is 3.47. The van der Waals surface area contributed by atoms with E-state index in [2.05, 4.69) is 12.2 Å². The van der Waals surface area contributed by atoms with E-state index in [1.165, 1.54) is 4.88 Å². The van der Waals surface area contributed by atoms with Gasteiger partial charge in [-0.05, 0) is 30.7 Å². The maximum atomic E-state index is 12.1. The Morgan fingerprint density at radius 3 is 2.87 bits per heavy atom. The Bertz CT molecular complexity index is 682. The first-order valence-electron chi connectivity index (χ1n) is 7.87. The smallest absolute Gasteiger partial charge is 0.317 e. The highest BCUT2D eigenvalue weighted by Crippen LogP contribution is 2.32. The molecule has 0 spiro atoms. The van der Waals surface area contributed by atoms with Crippen LogP contribution < -0.4 is 10.1 Å². The normalized spacial score (nSPS) is 13.6. The van der Waals surface area contributed by atoms with Crippen LogP contribution in [-0.2, 0) is 13.0 Å². The molecular weight excluding hydrogens is 310 g/mol. The highest BCUT2D eigenvalue weighted by molar-refractivity contribution is 7.15. The molecule has 0 fully saturated rings. The van der Waals surface area contributed by atoms with Gasteiger partial charge < -0.3 is 15.0 Å². The van der Waals surface area contributed by atoms with E-state index in [1.807, 2.05) is 29.2 Å². The van der Waals surface area contributed by atoms with Crippen LogP contribution in [0.4, 0.5) is 4.79 Å². The molecule has 1 aliphatic rings. The van der Waals surface area contributed by atoms with Crippen molar-refractivity contribution in [1.29, 1.82) is 0 Å². The molecule has 2 heterocycles. The van der Waals surface area contributed by atoms with Crippen LogP contribution in [0.1, 0.15) is 23.9 Å². The topological polar surface area (TPSA) is 54.5 Å². The summed E-state index contributed by atoms with van der Waals surface area (Å²) in [5.41, 5.74) is 2.22. The van der Waals surface area contributed by atoms with Gasteiger partial charge in [0.25, 0.3) is 0 Å². The number of amides is 2. The summed E-state index contributed by atoms with van der Waals surface area (Å²) < 4.78 is 5.19. The standard InChI is InChI=1S/C17H21N3O2S/c1-3-9-18-17(21)20-10-8-14-15(11-20)23-16(19-14)12-4-6-13(22-2)7-5-12/h4-7H,3,8-11H2,1-2H3,(H,18,21). The fourth-order valence-electron chi connectivity index (χ4n) is 2.57. The maximum Gasteiger partial charge on any atom is 0.317 e. The summed E-state index contributed by atoms with van der Waals surface area (Å²) in [5.74, 6) is 0.842. The van der Waals surface area contributed by atoms with Crippen LogP contribution >= 0.6 is 11.3 Å². The van der Waals surface area contributed by atoms with Crippen molar-refractivity contribution in [1.82, 2.24) is 15.2 Å². The molecule has 122 valence electrons. The van der Waals surface area contributed by atoms with Gasteiger partial charge in [0, 0.05) is 30.0 Å². The van der Waals surface area contributed by atoms with Crippen LogP contribution in [0.3, 0.4) is 0 Å². The van der Waals surface area contributed by atoms with Crippen molar-refractivity contribution in [3.05, 3.63) is 34.8 Å². The van der Waals surface area contributed by atoms with Crippen LogP contribution in [0.5, 0.6) is 5.75 Å². The van der Waals surface area contributed by atoms with Gasteiger partial charge in [0.05, 0.1) is 19.3 Å². The first kappa shape index (κ1) is 15.8. The number of hydrogen-bond donors (Lipinski definition) is 1. The van der Waals surface area contributed by atoms with Crippen LogP contribution in [0.2, 0.25) is 0 Å². The van der Waals surface area contributed by atoms with Crippen LogP contribution in [0, 0.1) is 0 Å². The molecule has 0 atom stereocenters. The number of carbonyl (C=O) groups excluding carboxylic acids is 1. The largest absolute Gasteiger partial charge is 0.497 e. The Hall–Kier alpha value is -2.08. The number of nitrogens with zero attached hydrogens (tertiary/aromatic N) is 2. The molecule has 1 aromatic heterocycles. The van der Waals surface area contributed by atoms with E-state index in [4.69, 9.17) is 9.72 Å². The van der Waals surface area contributed by atoms with Gasteiger partial charge in [0.2, 0.25) is 0 Å². The monoisotopic (exact) mass is 331 g/mol. The van der Waals surface area contributed by atoms with Crippen LogP contribution in [0.15, 0.2) is 24.3 Å². The average molecular weight is 331 g/mol. The van der Waals surface area contributed by atoms with E-state index in [1.54, 1.807) is 18.4 Å². The number of fused-ring (bicyclic) bond motifs is 1. The predicted octanol–water partition coefficient (Wildman–Crippen LogP) is 3.30. The predicted molar refractivity (Wildman–Crippen MR) is 91.9 cm³/mol. The zero-order valence-electron chi connectivity index (χ0n) is 13.5. The summed E-state index contributed by atoms with van der Waals surface area (Å²) in [6.45, 7) is 4.16. The van der Waals surface area contributed by atoms with E-state index >= 15 is 0 Å². The first-order chi connectivity index (χ1) is 11.2. The van der Waals surface area contributed by atoms with Crippen molar-refractivity contribution in [2.24, 2.45) is 0 Å². The number of nitrogens with one attached hydrogen (secondary N) is 1. The number of urea groups is 1. The van der Waals surface area contributed by atoms with Gasteiger partial charge in [-0.2, -0.15) is 0 Å². The Morgan fingerprint density at radius 2 is 2.17 bits per heavy atom. The molecule has 3 rings (SSSR count). The molecule has 0 saturated heterocycles. The molecule has 1 N–H and O–H groups in total. The zero-order chi connectivity index (χ0) is 16.2. The Morgan fingerprint density at radius 1 is 1.39 bits per heavy atom. The van der Waals surface area contributed by atoms with Gasteiger partial charge in [0.15, 0.2) is 0 Å². The average Bonchev–Trinajstić information content (AvgIpc) is 3.02. The van der Waals surface area contributed by atoms with Gasteiger partial charge in [0.1, 0.15) is 10.8 Å². The van der Waals surface area contributed by atoms with E-state index in [0.717, 1.165) is 47.9 Å². The number of carbonyl (C=O) groups is 1. The molecule has 0 radical (unpaired) electrons. The highest BCUT2D eigenvalue weighted by Gasteiger charge is 2.24. The van der Waals surface area contributed by atoms with E-state index in [0.29, 0.717) is 6.54 Å². The van der Waals surface area contributed by atoms with Gasteiger partial charge >= 0.3 is 6.03 Å².